The standard InChI is InChI=1S/C20H22FN3O/c21-17-8-6-16(7-9-17)19(15-4-5-15)20(25)24-13-11-23(12-14-24)18-3-1-2-10-22-18/h1-3,6-10,15,19H,4-5,11-14H2. The van der Waals surface area contributed by atoms with Crippen LogP contribution in [-0.4, -0.2) is 42.0 Å². The second kappa shape index (κ2) is 6.82. The van der Waals surface area contributed by atoms with Crippen molar-refractivity contribution in [1.82, 2.24) is 9.88 Å². The lowest BCUT2D eigenvalue weighted by molar-refractivity contribution is -0.133. The number of amides is 1. The van der Waals surface area contributed by atoms with E-state index in [0.717, 1.165) is 37.3 Å². The number of anilines is 1. The highest BCUT2D eigenvalue weighted by molar-refractivity contribution is 5.84. The molecule has 2 fully saturated rings. The van der Waals surface area contributed by atoms with Gasteiger partial charge in [0.1, 0.15) is 11.6 Å². The van der Waals surface area contributed by atoms with Crippen molar-refractivity contribution in [3.63, 3.8) is 0 Å². The minimum atomic E-state index is -0.255. The van der Waals surface area contributed by atoms with Crippen molar-refractivity contribution in [3.05, 3.63) is 60.0 Å². The van der Waals surface area contributed by atoms with Crippen LogP contribution in [-0.2, 0) is 4.79 Å². The Kier molecular flexibility index (Phi) is 4.38. The average Bonchev–Trinajstić information content (AvgIpc) is 3.49. The Balaban J connectivity index is 1.44. The molecule has 5 heteroatoms. The normalized spacial score (nSPS) is 18.9. The molecule has 1 amide bonds. The quantitative estimate of drug-likeness (QED) is 0.859. The third-order valence-electron chi connectivity index (χ3n) is 5.15. The summed E-state index contributed by atoms with van der Waals surface area (Å²) in [6, 6.07) is 12.3. The van der Waals surface area contributed by atoms with Gasteiger partial charge in [0.15, 0.2) is 0 Å². The highest BCUT2D eigenvalue weighted by Crippen LogP contribution is 2.43. The highest BCUT2D eigenvalue weighted by atomic mass is 19.1. The fraction of sp³-hybridized carbons (Fsp3) is 0.400. The van der Waals surface area contributed by atoms with E-state index in [4.69, 9.17) is 0 Å². The lowest BCUT2D eigenvalue weighted by atomic mass is 9.92. The zero-order chi connectivity index (χ0) is 17.2. The first-order valence-electron chi connectivity index (χ1n) is 8.92. The molecule has 0 spiro atoms. The molecule has 2 heterocycles. The summed E-state index contributed by atoms with van der Waals surface area (Å²) in [5, 5.41) is 0. The van der Waals surface area contributed by atoms with Crippen LogP contribution in [0.4, 0.5) is 10.2 Å². The van der Waals surface area contributed by atoms with Crippen LogP contribution in [0.5, 0.6) is 0 Å². The largest absolute Gasteiger partial charge is 0.353 e. The number of benzene rings is 1. The monoisotopic (exact) mass is 339 g/mol. The summed E-state index contributed by atoms with van der Waals surface area (Å²) in [6.07, 6.45) is 3.97. The minimum Gasteiger partial charge on any atom is -0.353 e. The van der Waals surface area contributed by atoms with Gasteiger partial charge in [0, 0.05) is 32.4 Å². The Labute approximate surface area is 147 Å². The van der Waals surface area contributed by atoms with Crippen LogP contribution in [0, 0.1) is 11.7 Å². The van der Waals surface area contributed by atoms with E-state index in [1.165, 1.54) is 12.1 Å². The SMILES string of the molecule is O=C(C(c1ccc(F)cc1)C1CC1)N1CCN(c2ccccn2)CC1. The second-order valence-corrected chi connectivity index (χ2v) is 6.87. The highest BCUT2D eigenvalue weighted by Gasteiger charge is 2.39. The summed E-state index contributed by atoms with van der Waals surface area (Å²) in [5.41, 5.74) is 0.945. The van der Waals surface area contributed by atoms with E-state index >= 15 is 0 Å². The zero-order valence-electron chi connectivity index (χ0n) is 14.1. The van der Waals surface area contributed by atoms with Gasteiger partial charge in [-0.3, -0.25) is 4.79 Å². The molecule has 1 aromatic carbocycles. The van der Waals surface area contributed by atoms with Gasteiger partial charge in [-0.1, -0.05) is 18.2 Å². The Morgan fingerprint density at radius 2 is 1.76 bits per heavy atom. The summed E-state index contributed by atoms with van der Waals surface area (Å²) in [5.74, 6) is 1.19. The minimum absolute atomic E-state index is 0.123. The number of piperazine rings is 1. The molecule has 130 valence electrons. The number of carbonyl (C=O) groups is 1. The first-order valence-corrected chi connectivity index (χ1v) is 8.92. The number of carbonyl (C=O) groups excluding carboxylic acids is 1. The molecule has 1 saturated heterocycles. The van der Waals surface area contributed by atoms with E-state index in [9.17, 15) is 9.18 Å². The fourth-order valence-electron chi connectivity index (χ4n) is 3.61. The maximum atomic E-state index is 13.2. The number of rotatable bonds is 4. The summed E-state index contributed by atoms with van der Waals surface area (Å²) in [7, 11) is 0. The smallest absolute Gasteiger partial charge is 0.230 e. The molecule has 4 rings (SSSR count). The lowest BCUT2D eigenvalue weighted by Crippen LogP contribution is -2.50. The van der Waals surface area contributed by atoms with E-state index in [1.807, 2.05) is 23.1 Å². The number of hydrogen-bond acceptors (Lipinski definition) is 3. The maximum absolute atomic E-state index is 13.2. The molecule has 0 bridgehead atoms. The number of halogens is 1. The van der Waals surface area contributed by atoms with Gasteiger partial charge < -0.3 is 9.80 Å². The third kappa shape index (κ3) is 3.50. The van der Waals surface area contributed by atoms with Crippen molar-refractivity contribution in [2.24, 2.45) is 5.92 Å². The van der Waals surface area contributed by atoms with Crippen LogP contribution in [0.2, 0.25) is 0 Å². The van der Waals surface area contributed by atoms with Gasteiger partial charge in [-0.05, 0) is 48.6 Å². The molecule has 2 aromatic rings. The van der Waals surface area contributed by atoms with Crippen molar-refractivity contribution in [2.75, 3.05) is 31.1 Å². The average molecular weight is 339 g/mol. The Morgan fingerprint density at radius 1 is 1.04 bits per heavy atom. The van der Waals surface area contributed by atoms with Crippen LogP contribution < -0.4 is 4.90 Å². The Hall–Kier alpha value is -2.43. The van der Waals surface area contributed by atoms with Crippen molar-refractivity contribution < 1.29 is 9.18 Å². The first-order chi connectivity index (χ1) is 12.2. The van der Waals surface area contributed by atoms with Crippen molar-refractivity contribution in [1.29, 1.82) is 0 Å². The third-order valence-corrected chi connectivity index (χ3v) is 5.15. The summed E-state index contributed by atoms with van der Waals surface area (Å²) < 4.78 is 13.2. The Bertz CT molecular complexity index is 722. The summed E-state index contributed by atoms with van der Waals surface area (Å²) in [6.45, 7) is 3.01. The lowest BCUT2D eigenvalue weighted by Gasteiger charge is -2.37. The molecule has 0 radical (unpaired) electrons. The molecule has 1 atom stereocenters. The molecule has 25 heavy (non-hydrogen) atoms. The number of aromatic nitrogens is 1. The van der Waals surface area contributed by atoms with Crippen molar-refractivity contribution in [3.8, 4) is 0 Å². The van der Waals surface area contributed by atoms with Gasteiger partial charge in [0.05, 0.1) is 5.92 Å². The van der Waals surface area contributed by atoms with Gasteiger partial charge in [0.2, 0.25) is 5.91 Å². The van der Waals surface area contributed by atoms with Crippen molar-refractivity contribution >= 4 is 11.7 Å². The predicted molar refractivity (Wildman–Crippen MR) is 94.9 cm³/mol. The molecular weight excluding hydrogens is 317 g/mol. The molecule has 1 aliphatic carbocycles. The van der Waals surface area contributed by atoms with E-state index in [0.29, 0.717) is 19.0 Å². The fourth-order valence-corrected chi connectivity index (χ4v) is 3.61. The molecule has 1 unspecified atom stereocenters. The Morgan fingerprint density at radius 3 is 2.36 bits per heavy atom. The first kappa shape index (κ1) is 16.1. The van der Waals surface area contributed by atoms with Crippen LogP contribution in [0.1, 0.15) is 24.3 Å². The molecule has 1 aromatic heterocycles. The number of nitrogens with zero attached hydrogens (tertiary/aromatic N) is 3. The van der Waals surface area contributed by atoms with Crippen LogP contribution in [0.15, 0.2) is 48.7 Å². The van der Waals surface area contributed by atoms with E-state index in [2.05, 4.69) is 9.88 Å². The number of hydrogen-bond donors (Lipinski definition) is 0. The molecule has 4 nitrogen and oxygen atoms in total. The van der Waals surface area contributed by atoms with Crippen LogP contribution in [0.25, 0.3) is 0 Å². The van der Waals surface area contributed by atoms with Crippen LogP contribution >= 0.6 is 0 Å². The molecule has 2 aliphatic rings. The topological polar surface area (TPSA) is 36.4 Å². The van der Waals surface area contributed by atoms with E-state index < -0.39 is 0 Å². The summed E-state index contributed by atoms with van der Waals surface area (Å²) >= 11 is 0. The van der Waals surface area contributed by atoms with E-state index in [1.54, 1.807) is 18.3 Å². The van der Waals surface area contributed by atoms with Crippen LogP contribution in [0.3, 0.4) is 0 Å². The van der Waals surface area contributed by atoms with Crippen molar-refractivity contribution in [2.45, 2.75) is 18.8 Å². The summed E-state index contributed by atoms with van der Waals surface area (Å²) in [4.78, 5) is 21.7. The zero-order valence-corrected chi connectivity index (χ0v) is 14.1. The maximum Gasteiger partial charge on any atom is 0.230 e. The molecule has 1 saturated carbocycles. The van der Waals surface area contributed by atoms with Gasteiger partial charge in [-0.15, -0.1) is 0 Å². The molecule has 0 N–H and O–H groups in total. The predicted octanol–water partition coefficient (Wildman–Crippen LogP) is 3.06. The molecular formula is C20H22FN3O. The number of pyridine rings is 1. The van der Waals surface area contributed by atoms with Gasteiger partial charge in [0.25, 0.3) is 0 Å². The van der Waals surface area contributed by atoms with E-state index in [-0.39, 0.29) is 17.6 Å². The van der Waals surface area contributed by atoms with Gasteiger partial charge >= 0.3 is 0 Å². The second-order valence-electron chi connectivity index (χ2n) is 6.87. The van der Waals surface area contributed by atoms with Gasteiger partial charge in [-0.2, -0.15) is 0 Å². The van der Waals surface area contributed by atoms with Gasteiger partial charge in [-0.25, -0.2) is 9.37 Å². The molecule has 1 aliphatic heterocycles.